The molecule has 1 atom stereocenters. The van der Waals surface area contributed by atoms with E-state index >= 15 is 0 Å². The second-order valence-corrected chi connectivity index (χ2v) is 2.77. The fourth-order valence-corrected chi connectivity index (χ4v) is 0.982. The maximum atomic E-state index is 12.5. The second-order valence-electron chi connectivity index (χ2n) is 2.77. The molecule has 0 heterocycles. The normalized spacial score (nSPS) is 13.0. The molecule has 0 amide bonds. The molecule has 14 heavy (non-hydrogen) atoms. The summed E-state index contributed by atoms with van der Waals surface area (Å²) in [5.74, 6) is -1.40. The molecule has 0 saturated carbocycles. The lowest BCUT2D eigenvalue weighted by Gasteiger charge is -2.05. The number of carboxylic acids is 1. The van der Waals surface area contributed by atoms with Gasteiger partial charge in [0, 0.05) is 12.1 Å². The summed E-state index contributed by atoms with van der Waals surface area (Å²) in [7, 11) is 0. The van der Waals surface area contributed by atoms with E-state index in [1.165, 1.54) is 30.3 Å². The van der Waals surface area contributed by atoms with Gasteiger partial charge in [-0.25, -0.2) is 9.18 Å². The van der Waals surface area contributed by atoms with Gasteiger partial charge in [0.15, 0.2) is 0 Å². The average Bonchev–Trinajstić information content (AvgIpc) is 2.15. The van der Waals surface area contributed by atoms with E-state index in [0.717, 1.165) is 6.08 Å². The molecule has 4 heteroatoms. The molecule has 0 aromatic heterocycles. The van der Waals surface area contributed by atoms with Crippen molar-refractivity contribution in [3.05, 3.63) is 47.8 Å². The molecular formula is C10H10FNO2. The van der Waals surface area contributed by atoms with E-state index in [0.29, 0.717) is 5.56 Å². The van der Waals surface area contributed by atoms with Crippen LogP contribution < -0.4 is 5.73 Å². The Kier molecular flexibility index (Phi) is 3.36. The summed E-state index contributed by atoms with van der Waals surface area (Å²) in [6.07, 6.45) is 2.31. The van der Waals surface area contributed by atoms with Crippen molar-refractivity contribution in [2.24, 2.45) is 5.73 Å². The maximum Gasteiger partial charge on any atom is 0.328 e. The number of carbonyl (C=O) groups is 1. The Bertz CT molecular complexity index is 346. The van der Waals surface area contributed by atoms with Gasteiger partial charge in [-0.15, -0.1) is 0 Å². The molecule has 3 nitrogen and oxygen atoms in total. The lowest BCUT2D eigenvalue weighted by atomic mass is 10.1. The van der Waals surface area contributed by atoms with Crippen LogP contribution in [-0.2, 0) is 4.79 Å². The average molecular weight is 195 g/mol. The molecule has 0 spiro atoms. The number of aliphatic carboxylic acids is 1. The number of carboxylic acid groups (broad SMARTS) is 1. The zero-order valence-corrected chi connectivity index (χ0v) is 7.35. The van der Waals surface area contributed by atoms with Crippen LogP contribution in [0.25, 0.3) is 0 Å². The highest BCUT2D eigenvalue weighted by atomic mass is 19.1. The number of hydrogen-bond donors (Lipinski definition) is 2. The van der Waals surface area contributed by atoms with Gasteiger partial charge in [-0.2, -0.15) is 0 Å². The van der Waals surface area contributed by atoms with Gasteiger partial charge in [0.25, 0.3) is 0 Å². The van der Waals surface area contributed by atoms with Gasteiger partial charge in [-0.05, 0) is 17.7 Å². The van der Waals surface area contributed by atoms with Crippen molar-refractivity contribution in [3.63, 3.8) is 0 Å². The summed E-state index contributed by atoms with van der Waals surface area (Å²) < 4.78 is 12.5. The molecule has 1 rings (SSSR count). The van der Waals surface area contributed by atoms with Gasteiger partial charge in [0.1, 0.15) is 5.82 Å². The predicted molar refractivity (Wildman–Crippen MR) is 50.1 cm³/mol. The Morgan fingerprint density at radius 1 is 1.43 bits per heavy atom. The third kappa shape index (κ3) is 2.99. The first-order valence-electron chi connectivity index (χ1n) is 4.02. The fourth-order valence-electron chi connectivity index (χ4n) is 0.982. The van der Waals surface area contributed by atoms with Crippen molar-refractivity contribution in [2.45, 2.75) is 6.04 Å². The van der Waals surface area contributed by atoms with Crippen LogP contribution in [0, 0.1) is 5.82 Å². The van der Waals surface area contributed by atoms with Crippen molar-refractivity contribution in [2.75, 3.05) is 0 Å². The van der Waals surface area contributed by atoms with Gasteiger partial charge < -0.3 is 10.8 Å². The van der Waals surface area contributed by atoms with Crippen molar-refractivity contribution in [1.82, 2.24) is 0 Å². The minimum atomic E-state index is -1.05. The first kappa shape index (κ1) is 10.4. The van der Waals surface area contributed by atoms with Crippen LogP contribution >= 0.6 is 0 Å². The highest BCUT2D eigenvalue weighted by molar-refractivity contribution is 5.79. The van der Waals surface area contributed by atoms with Crippen molar-refractivity contribution in [1.29, 1.82) is 0 Å². The molecule has 0 aliphatic carbocycles. The highest BCUT2D eigenvalue weighted by Gasteiger charge is 2.01. The van der Waals surface area contributed by atoms with E-state index in [-0.39, 0.29) is 5.82 Å². The zero-order valence-electron chi connectivity index (χ0n) is 7.35. The largest absolute Gasteiger partial charge is 0.478 e. The Morgan fingerprint density at radius 2 is 2.00 bits per heavy atom. The molecule has 0 fully saturated rings. The van der Waals surface area contributed by atoms with E-state index in [2.05, 4.69) is 0 Å². The summed E-state index contributed by atoms with van der Waals surface area (Å²) in [4.78, 5) is 10.2. The first-order valence-corrected chi connectivity index (χ1v) is 4.02. The Hall–Kier alpha value is -1.68. The second kappa shape index (κ2) is 4.53. The summed E-state index contributed by atoms with van der Waals surface area (Å²) in [5, 5.41) is 8.35. The van der Waals surface area contributed by atoms with E-state index in [1.54, 1.807) is 0 Å². The van der Waals surface area contributed by atoms with Crippen molar-refractivity contribution < 1.29 is 14.3 Å². The van der Waals surface area contributed by atoms with E-state index in [1.807, 2.05) is 0 Å². The number of rotatable bonds is 3. The Morgan fingerprint density at radius 3 is 2.50 bits per heavy atom. The van der Waals surface area contributed by atoms with Crippen molar-refractivity contribution >= 4 is 5.97 Å². The van der Waals surface area contributed by atoms with Crippen LogP contribution in [0.15, 0.2) is 36.4 Å². The molecule has 1 aromatic carbocycles. The first-order chi connectivity index (χ1) is 6.59. The number of halogens is 1. The highest BCUT2D eigenvalue weighted by Crippen LogP contribution is 2.11. The van der Waals surface area contributed by atoms with E-state index < -0.39 is 12.0 Å². The van der Waals surface area contributed by atoms with Crippen LogP contribution in [0.3, 0.4) is 0 Å². The number of hydrogen-bond acceptors (Lipinski definition) is 2. The topological polar surface area (TPSA) is 63.3 Å². The van der Waals surface area contributed by atoms with E-state index in [9.17, 15) is 9.18 Å². The standard InChI is InChI=1S/C10H10FNO2/c11-8-3-1-7(2-4-8)9(12)5-6-10(13)14/h1-6,9H,12H2,(H,13,14)/b6-5+. The summed E-state index contributed by atoms with van der Waals surface area (Å²) in [6, 6.07) is 5.08. The van der Waals surface area contributed by atoms with Crippen LogP contribution in [0.2, 0.25) is 0 Å². The minimum Gasteiger partial charge on any atom is -0.478 e. The molecule has 0 aliphatic heterocycles. The van der Waals surface area contributed by atoms with Crippen LogP contribution in [0.5, 0.6) is 0 Å². The zero-order chi connectivity index (χ0) is 10.6. The monoisotopic (exact) mass is 195 g/mol. The van der Waals surface area contributed by atoms with Crippen LogP contribution in [-0.4, -0.2) is 11.1 Å². The molecule has 0 saturated heterocycles. The molecule has 1 unspecified atom stereocenters. The van der Waals surface area contributed by atoms with Gasteiger partial charge in [-0.3, -0.25) is 0 Å². The summed E-state index contributed by atoms with van der Waals surface area (Å²) in [5.41, 5.74) is 6.29. The van der Waals surface area contributed by atoms with E-state index in [4.69, 9.17) is 10.8 Å². The maximum absolute atomic E-state index is 12.5. The quantitative estimate of drug-likeness (QED) is 0.718. The lowest BCUT2D eigenvalue weighted by molar-refractivity contribution is -0.131. The van der Waals surface area contributed by atoms with Gasteiger partial charge in [-0.1, -0.05) is 18.2 Å². The van der Waals surface area contributed by atoms with Gasteiger partial charge in [0.2, 0.25) is 0 Å². The van der Waals surface area contributed by atoms with Gasteiger partial charge in [0.05, 0.1) is 0 Å². The third-order valence-electron chi connectivity index (χ3n) is 1.70. The third-order valence-corrected chi connectivity index (χ3v) is 1.70. The minimum absolute atomic E-state index is 0.344. The molecule has 3 N–H and O–H groups in total. The fraction of sp³-hybridized carbons (Fsp3) is 0.100. The molecule has 0 radical (unpaired) electrons. The molecule has 1 aromatic rings. The summed E-state index contributed by atoms with van der Waals surface area (Å²) >= 11 is 0. The van der Waals surface area contributed by atoms with Crippen LogP contribution in [0.4, 0.5) is 4.39 Å². The smallest absolute Gasteiger partial charge is 0.328 e. The van der Waals surface area contributed by atoms with Gasteiger partial charge >= 0.3 is 5.97 Å². The molecule has 0 bridgehead atoms. The Labute approximate surface area is 80.7 Å². The SMILES string of the molecule is NC(/C=C/C(=O)O)c1ccc(F)cc1. The number of nitrogens with two attached hydrogens (primary N) is 1. The summed E-state index contributed by atoms with van der Waals surface area (Å²) in [6.45, 7) is 0. The Balaban J connectivity index is 2.74. The van der Waals surface area contributed by atoms with Crippen molar-refractivity contribution in [3.8, 4) is 0 Å². The lowest BCUT2D eigenvalue weighted by Crippen LogP contribution is -2.07. The van der Waals surface area contributed by atoms with Crippen LogP contribution in [0.1, 0.15) is 11.6 Å². The molecular weight excluding hydrogens is 185 g/mol. The predicted octanol–water partition coefficient (Wildman–Crippen LogP) is 1.47. The number of benzene rings is 1. The molecule has 74 valence electrons. The molecule has 0 aliphatic rings.